The second-order valence-corrected chi connectivity index (χ2v) is 3.14. The molecule has 0 radical (unpaired) electrons. The summed E-state index contributed by atoms with van der Waals surface area (Å²) in [5.74, 6) is -0.423. The molecule has 0 aromatic carbocycles. The van der Waals surface area contributed by atoms with Gasteiger partial charge in [0.05, 0.1) is 12.5 Å². The van der Waals surface area contributed by atoms with E-state index in [0.717, 1.165) is 12.8 Å². The van der Waals surface area contributed by atoms with E-state index in [2.05, 4.69) is 0 Å². The van der Waals surface area contributed by atoms with Crippen LogP contribution in [0.5, 0.6) is 0 Å². The minimum absolute atomic E-state index is 0.0477. The molecule has 0 bridgehead atoms. The predicted molar refractivity (Wildman–Crippen MR) is 50.3 cm³/mol. The zero-order valence-electron chi connectivity index (χ0n) is 8.63. The minimum atomic E-state index is -0.237. The van der Waals surface area contributed by atoms with Crippen LogP contribution in [0, 0.1) is 5.92 Å². The molecule has 1 atom stereocenters. The van der Waals surface area contributed by atoms with Gasteiger partial charge in [-0.05, 0) is 20.3 Å². The third-order valence-corrected chi connectivity index (χ3v) is 1.79. The zero-order valence-corrected chi connectivity index (χ0v) is 8.63. The molecule has 3 heteroatoms. The Morgan fingerprint density at radius 1 is 1.31 bits per heavy atom. The van der Waals surface area contributed by atoms with Crippen molar-refractivity contribution in [3.05, 3.63) is 0 Å². The molecule has 0 aliphatic carbocycles. The number of carbonyl (C=O) groups excluding carboxylic acids is 2. The molecule has 0 aliphatic rings. The van der Waals surface area contributed by atoms with Crippen LogP contribution in [0.2, 0.25) is 0 Å². The van der Waals surface area contributed by atoms with Crippen molar-refractivity contribution in [2.24, 2.45) is 5.92 Å². The maximum Gasteiger partial charge on any atom is 0.309 e. The topological polar surface area (TPSA) is 43.4 Å². The monoisotopic (exact) mass is 186 g/mol. The van der Waals surface area contributed by atoms with Crippen molar-refractivity contribution in [2.75, 3.05) is 6.61 Å². The first-order valence-electron chi connectivity index (χ1n) is 4.77. The number of hydrogen-bond acceptors (Lipinski definition) is 3. The summed E-state index contributed by atoms with van der Waals surface area (Å²) in [5, 5.41) is 0. The van der Waals surface area contributed by atoms with Gasteiger partial charge in [-0.25, -0.2) is 0 Å². The van der Waals surface area contributed by atoms with Crippen LogP contribution in [0.1, 0.15) is 40.0 Å². The largest absolute Gasteiger partial charge is 0.466 e. The molecule has 0 fully saturated rings. The number of ether oxygens (including phenoxy) is 1. The molecule has 3 nitrogen and oxygen atoms in total. The Morgan fingerprint density at radius 2 is 1.92 bits per heavy atom. The smallest absolute Gasteiger partial charge is 0.309 e. The van der Waals surface area contributed by atoms with E-state index < -0.39 is 0 Å². The van der Waals surface area contributed by atoms with Crippen molar-refractivity contribution in [1.29, 1.82) is 0 Å². The van der Waals surface area contributed by atoms with E-state index in [0.29, 0.717) is 13.0 Å². The highest BCUT2D eigenvalue weighted by atomic mass is 16.5. The molecule has 0 aliphatic heterocycles. The summed E-state index contributed by atoms with van der Waals surface area (Å²) in [6.45, 7) is 5.65. The van der Waals surface area contributed by atoms with Crippen LogP contribution in [-0.4, -0.2) is 18.4 Å². The maximum absolute atomic E-state index is 11.3. The molecule has 0 unspecified atom stereocenters. The normalized spacial score (nSPS) is 12.2. The lowest BCUT2D eigenvalue weighted by atomic mass is 9.98. The fraction of sp³-hybridized carbons (Fsp3) is 0.800. The Balaban J connectivity index is 4.06. The molecule has 0 N–H and O–H groups in total. The SMILES string of the molecule is CCC[C@@H](CC(C)=O)C(=O)OCC. The van der Waals surface area contributed by atoms with Gasteiger partial charge in [-0.3, -0.25) is 4.79 Å². The standard InChI is InChI=1S/C10H18O3/c1-4-6-9(7-8(3)11)10(12)13-5-2/h9H,4-7H2,1-3H3/t9-/m0/s1. The molecular formula is C10H18O3. The molecule has 0 saturated heterocycles. The van der Waals surface area contributed by atoms with Crippen LogP contribution in [0.3, 0.4) is 0 Å². The van der Waals surface area contributed by atoms with Crippen LogP contribution < -0.4 is 0 Å². The number of hydrogen-bond donors (Lipinski definition) is 0. The predicted octanol–water partition coefficient (Wildman–Crippen LogP) is 1.94. The minimum Gasteiger partial charge on any atom is -0.466 e. The highest BCUT2D eigenvalue weighted by molar-refractivity contribution is 5.82. The van der Waals surface area contributed by atoms with E-state index in [1.807, 2.05) is 6.92 Å². The molecule has 13 heavy (non-hydrogen) atoms. The van der Waals surface area contributed by atoms with Crippen LogP contribution in [-0.2, 0) is 14.3 Å². The van der Waals surface area contributed by atoms with Crippen molar-refractivity contribution in [1.82, 2.24) is 0 Å². The second kappa shape index (κ2) is 6.63. The summed E-state index contributed by atoms with van der Waals surface area (Å²) < 4.78 is 4.87. The van der Waals surface area contributed by atoms with Gasteiger partial charge in [-0.15, -0.1) is 0 Å². The third-order valence-electron chi connectivity index (χ3n) is 1.79. The number of Topliss-reactive ketones (excluding diaryl/α,β-unsaturated/α-hetero) is 1. The lowest BCUT2D eigenvalue weighted by molar-refractivity contribution is -0.149. The first-order chi connectivity index (χ1) is 6.11. The molecule has 0 amide bonds. The Morgan fingerprint density at radius 3 is 2.31 bits per heavy atom. The Hall–Kier alpha value is -0.860. The molecule has 0 heterocycles. The van der Waals surface area contributed by atoms with Gasteiger partial charge in [0.15, 0.2) is 0 Å². The lowest BCUT2D eigenvalue weighted by Crippen LogP contribution is -2.20. The molecule has 76 valence electrons. The Labute approximate surface area is 79.5 Å². The first kappa shape index (κ1) is 12.1. The summed E-state index contributed by atoms with van der Waals surface area (Å²) in [7, 11) is 0. The molecule has 0 aromatic heterocycles. The quantitative estimate of drug-likeness (QED) is 0.595. The van der Waals surface area contributed by atoms with Gasteiger partial charge in [0.1, 0.15) is 5.78 Å². The van der Waals surface area contributed by atoms with E-state index in [1.165, 1.54) is 6.92 Å². The summed E-state index contributed by atoms with van der Waals surface area (Å²) >= 11 is 0. The van der Waals surface area contributed by atoms with Gasteiger partial charge in [0.25, 0.3) is 0 Å². The van der Waals surface area contributed by atoms with Gasteiger partial charge in [-0.2, -0.15) is 0 Å². The van der Waals surface area contributed by atoms with Gasteiger partial charge in [0, 0.05) is 6.42 Å². The fourth-order valence-corrected chi connectivity index (χ4v) is 1.26. The summed E-state index contributed by atoms with van der Waals surface area (Å²) in [6.07, 6.45) is 1.95. The zero-order chi connectivity index (χ0) is 10.3. The molecule has 0 spiro atoms. The molecule has 0 rings (SSSR count). The highest BCUT2D eigenvalue weighted by Gasteiger charge is 2.20. The summed E-state index contributed by atoms with van der Waals surface area (Å²) in [4.78, 5) is 22.1. The number of ketones is 1. The van der Waals surface area contributed by atoms with E-state index in [9.17, 15) is 9.59 Å². The van der Waals surface area contributed by atoms with Crippen LogP contribution in [0.4, 0.5) is 0 Å². The van der Waals surface area contributed by atoms with Crippen LogP contribution >= 0.6 is 0 Å². The average Bonchev–Trinajstić information content (AvgIpc) is 2.03. The summed E-state index contributed by atoms with van der Waals surface area (Å²) in [6, 6.07) is 0. The average molecular weight is 186 g/mol. The third kappa shape index (κ3) is 5.39. The second-order valence-electron chi connectivity index (χ2n) is 3.14. The molecule has 0 aromatic rings. The van der Waals surface area contributed by atoms with Crippen molar-refractivity contribution in [3.63, 3.8) is 0 Å². The van der Waals surface area contributed by atoms with Gasteiger partial charge in [0.2, 0.25) is 0 Å². The van der Waals surface area contributed by atoms with Gasteiger partial charge >= 0.3 is 5.97 Å². The number of rotatable bonds is 6. The van der Waals surface area contributed by atoms with Crippen molar-refractivity contribution in [3.8, 4) is 0 Å². The van der Waals surface area contributed by atoms with E-state index >= 15 is 0 Å². The van der Waals surface area contributed by atoms with E-state index in [-0.39, 0.29) is 17.7 Å². The van der Waals surface area contributed by atoms with Crippen LogP contribution in [0.15, 0.2) is 0 Å². The van der Waals surface area contributed by atoms with Crippen LogP contribution in [0.25, 0.3) is 0 Å². The fourth-order valence-electron chi connectivity index (χ4n) is 1.26. The van der Waals surface area contributed by atoms with E-state index in [4.69, 9.17) is 4.74 Å². The van der Waals surface area contributed by atoms with Gasteiger partial charge < -0.3 is 9.53 Å². The number of carbonyl (C=O) groups is 2. The maximum atomic E-state index is 11.3. The Bertz CT molecular complexity index is 175. The highest BCUT2D eigenvalue weighted by Crippen LogP contribution is 2.13. The van der Waals surface area contributed by atoms with E-state index in [1.54, 1.807) is 6.92 Å². The van der Waals surface area contributed by atoms with Crippen molar-refractivity contribution < 1.29 is 14.3 Å². The molecule has 0 saturated carbocycles. The number of esters is 1. The lowest BCUT2D eigenvalue weighted by Gasteiger charge is -2.12. The van der Waals surface area contributed by atoms with Crippen molar-refractivity contribution in [2.45, 2.75) is 40.0 Å². The summed E-state index contributed by atoms with van der Waals surface area (Å²) in [5.41, 5.74) is 0. The van der Waals surface area contributed by atoms with Gasteiger partial charge in [-0.1, -0.05) is 13.3 Å². The Kier molecular flexibility index (Phi) is 6.20. The molecular weight excluding hydrogens is 168 g/mol. The van der Waals surface area contributed by atoms with Crippen molar-refractivity contribution >= 4 is 11.8 Å². The first-order valence-corrected chi connectivity index (χ1v) is 4.77.